The molecule has 0 amide bonds. The van der Waals surface area contributed by atoms with Gasteiger partial charge in [0.2, 0.25) is 0 Å². The summed E-state index contributed by atoms with van der Waals surface area (Å²) < 4.78 is 33.4. The van der Waals surface area contributed by atoms with E-state index >= 15 is 0 Å². The second kappa shape index (κ2) is 6.59. The maximum Gasteiger partial charge on any atom is 0.281 e. The molecule has 0 aromatic carbocycles. The van der Waals surface area contributed by atoms with Gasteiger partial charge in [0.05, 0.1) is 6.61 Å². The van der Waals surface area contributed by atoms with Gasteiger partial charge in [-0.25, -0.2) is 0 Å². The number of rotatable bonds is 6. The van der Waals surface area contributed by atoms with Gasteiger partial charge < -0.3 is 9.64 Å². The van der Waals surface area contributed by atoms with E-state index in [2.05, 4.69) is 11.9 Å². The van der Waals surface area contributed by atoms with Crippen LogP contribution in [0.4, 0.5) is 0 Å². The fourth-order valence-electron chi connectivity index (χ4n) is 4.00. The maximum atomic E-state index is 12.2. The molecule has 0 aromatic heterocycles. The molecule has 1 atom stereocenters. The third-order valence-electron chi connectivity index (χ3n) is 5.81. The molecule has 3 aliphatic rings. The highest BCUT2D eigenvalue weighted by Crippen LogP contribution is 2.43. The van der Waals surface area contributed by atoms with Crippen molar-refractivity contribution in [3.05, 3.63) is 0 Å². The predicted molar refractivity (Wildman–Crippen MR) is 90.4 cm³/mol. The minimum absolute atomic E-state index is 0.278. The van der Waals surface area contributed by atoms with Gasteiger partial charge in [-0.15, -0.1) is 0 Å². The van der Waals surface area contributed by atoms with Crippen LogP contribution in [0.5, 0.6) is 0 Å². The molecule has 6 nitrogen and oxygen atoms in total. The van der Waals surface area contributed by atoms with Crippen LogP contribution in [0.25, 0.3) is 0 Å². The first kappa shape index (κ1) is 17.6. The summed E-state index contributed by atoms with van der Waals surface area (Å²) in [4.78, 5) is 2.42. The lowest BCUT2D eigenvalue weighted by Crippen LogP contribution is -2.47. The van der Waals surface area contributed by atoms with Crippen LogP contribution in [0.15, 0.2) is 0 Å². The Morgan fingerprint density at radius 2 is 1.83 bits per heavy atom. The zero-order valence-electron chi connectivity index (χ0n) is 14.7. The van der Waals surface area contributed by atoms with Crippen LogP contribution in [-0.4, -0.2) is 82.0 Å². The number of nitrogens with zero attached hydrogens (tertiary/aromatic N) is 3. The van der Waals surface area contributed by atoms with Gasteiger partial charge >= 0.3 is 0 Å². The van der Waals surface area contributed by atoms with Crippen LogP contribution >= 0.6 is 0 Å². The molecule has 1 aliphatic carbocycles. The van der Waals surface area contributed by atoms with Crippen molar-refractivity contribution >= 4 is 10.2 Å². The third-order valence-corrected chi connectivity index (χ3v) is 7.75. The standard InChI is InChI=1S/C16H31N3O3S/c1-17(2)23(20,21)19-8-6-16(7-9-19)10-15(18(3)13-16)12-22-11-14-4-5-14/h14-15H,4-13H2,1-3H3/t15-/m0/s1. The molecule has 2 saturated heterocycles. The van der Waals surface area contributed by atoms with Gasteiger partial charge in [-0.2, -0.15) is 17.0 Å². The molecule has 0 bridgehead atoms. The summed E-state index contributed by atoms with van der Waals surface area (Å²) in [5.41, 5.74) is 0.278. The first-order chi connectivity index (χ1) is 10.8. The predicted octanol–water partition coefficient (Wildman–Crippen LogP) is 1.01. The van der Waals surface area contributed by atoms with Crippen molar-refractivity contribution in [2.45, 2.75) is 38.1 Å². The first-order valence-corrected chi connectivity index (χ1v) is 10.2. The van der Waals surface area contributed by atoms with Crippen molar-refractivity contribution in [2.75, 3.05) is 54.0 Å². The third kappa shape index (κ3) is 3.90. The molecule has 1 saturated carbocycles. The van der Waals surface area contributed by atoms with Crippen LogP contribution in [0.3, 0.4) is 0 Å². The zero-order valence-corrected chi connectivity index (χ0v) is 15.5. The lowest BCUT2D eigenvalue weighted by Gasteiger charge is -2.39. The summed E-state index contributed by atoms with van der Waals surface area (Å²) in [5, 5.41) is 0. The molecule has 3 fully saturated rings. The van der Waals surface area contributed by atoms with Crippen molar-refractivity contribution < 1.29 is 13.2 Å². The largest absolute Gasteiger partial charge is 0.380 e. The molecule has 134 valence electrons. The molecular weight excluding hydrogens is 314 g/mol. The average Bonchev–Trinajstić information content (AvgIpc) is 3.25. The number of hydrogen-bond donors (Lipinski definition) is 0. The highest BCUT2D eigenvalue weighted by atomic mass is 32.2. The second-order valence-corrected chi connectivity index (χ2v) is 10.1. The van der Waals surface area contributed by atoms with E-state index in [1.54, 1.807) is 18.4 Å². The summed E-state index contributed by atoms with van der Waals surface area (Å²) in [6.45, 7) is 4.11. The summed E-state index contributed by atoms with van der Waals surface area (Å²) in [5.74, 6) is 0.815. The number of hydrogen-bond acceptors (Lipinski definition) is 4. The van der Waals surface area contributed by atoms with E-state index in [4.69, 9.17) is 4.74 Å². The molecule has 23 heavy (non-hydrogen) atoms. The highest BCUT2D eigenvalue weighted by Gasteiger charge is 2.46. The number of likely N-dealkylation sites (N-methyl/N-ethyl adjacent to an activating group) is 1. The van der Waals surface area contributed by atoms with Gasteiger partial charge in [0, 0.05) is 46.4 Å². The van der Waals surface area contributed by atoms with E-state index in [-0.39, 0.29) is 5.41 Å². The normalized spacial score (nSPS) is 29.7. The molecule has 2 aliphatic heterocycles. The SMILES string of the molecule is CN1CC2(CCN(S(=O)(=O)N(C)C)CC2)C[C@H]1COCC1CC1. The molecule has 0 N–H and O–H groups in total. The molecule has 2 heterocycles. The monoisotopic (exact) mass is 345 g/mol. The zero-order chi connectivity index (χ0) is 16.7. The molecule has 0 radical (unpaired) electrons. The van der Waals surface area contributed by atoms with Crippen molar-refractivity contribution in [1.82, 2.24) is 13.5 Å². The fourth-order valence-corrected chi connectivity index (χ4v) is 5.11. The Kier molecular flexibility index (Phi) is 5.05. The number of likely N-dealkylation sites (tertiary alicyclic amines) is 1. The molecule has 3 rings (SSSR count). The average molecular weight is 346 g/mol. The number of piperidine rings is 1. The molecule has 7 heteroatoms. The lowest BCUT2D eigenvalue weighted by molar-refractivity contribution is 0.0784. The van der Waals surface area contributed by atoms with Gasteiger partial charge in [0.25, 0.3) is 10.2 Å². The quantitative estimate of drug-likeness (QED) is 0.721. The first-order valence-electron chi connectivity index (χ1n) is 8.78. The number of ether oxygens (including phenoxy) is 1. The van der Waals surface area contributed by atoms with Crippen LogP contribution in [0, 0.1) is 11.3 Å². The smallest absolute Gasteiger partial charge is 0.281 e. The summed E-state index contributed by atoms with van der Waals surface area (Å²) in [7, 11) is 2.14. The topological polar surface area (TPSA) is 53.1 Å². The van der Waals surface area contributed by atoms with Crippen molar-refractivity contribution in [3.63, 3.8) is 0 Å². The maximum absolute atomic E-state index is 12.2. The van der Waals surface area contributed by atoms with Crippen LogP contribution in [0.2, 0.25) is 0 Å². The van der Waals surface area contributed by atoms with E-state index in [0.29, 0.717) is 19.1 Å². The Bertz CT molecular complexity index is 511. The lowest BCUT2D eigenvalue weighted by atomic mass is 9.77. The fraction of sp³-hybridized carbons (Fsp3) is 1.00. The van der Waals surface area contributed by atoms with Gasteiger partial charge in [-0.3, -0.25) is 0 Å². The van der Waals surface area contributed by atoms with Crippen LogP contribution in [-0.2, 0) is 14.9 Å². The Morgan fingerprint density at radius 1 is 1.17 bits per heavy atom. The highest BCUT2D eigenvalue weighted by molar-refractivity contribution is 7.86. The van der Waals surface area contributed by atoms with E-state index in [1.807, 2.05) is 0 Å². The van der Waals surface area contributed by atoms with Gasteiger partial charge in [0.1, 0.15) is 0 Å². The van der Waals surface area contributed by atoms with Crippen molar-refractivity contribution in [3.8, 4) is 0 Å². The minimum atomic E-state index is -3.26. The molecular formula is C16H31N3O3S. The van der Waals surface area contributed by atoms with Crippen molar-refractivity contribution in [1.29, 1.82) is 0 Å². The minimum Gasteiger partial charge on any atom is -0.380 e. The van der Waals surface area contributed by atoms with E-state index in [1.165, 1.54) is 17.1 Å². The Morgan fingerprint density at radius 3 is 2.39 bits per heavy atom. The second-order valence-electron chi connectivity index (χ2n) is 7.94. The van der Waals surface area contributed by atoms with Gasteiger partial charge in [-0.05, 0) is 50.5 Å². The van der Waals surface area contributed by atoms with Crippen LogP contribution in [0.1, 0.15) is 32.1 Å². The van der Waals surface area contributed by atoms with Crippen LogP contribution < -0.4 is 0 Å². The van der Waals surface area contributed by atoms with E-state index < -0.39 is 10.2 Å². The summed E-state index contributed by atoms with van der Waals surface area (Å²) in [6.07, 6.45) is 5.73. The summed E-state index contributed by atoms with van der Waals surface area (Å²) in [6, 6.07) is 0.491. The molecule has 1 spiro atoms. The molecule has 0 unspecified atom stereocenters. The van der Waals surface area contributed by atoms with Gasteiger partial charge in [-0.1, -0.05) is 0 Å². The molecule has 0 aromatic rings. The Balaban J connectivity index is 1.51. The Labute approximate surface area is 140 Å². The van der Waals surface area contributed by atoms with E-state index in [9.17, 15) is 8.42 Å². The van der Waals surface area contributed by atoms with E-state index in [0.717, 1.165) is 44.9 Å². The summed E-state index contributed by atoms with van der Waals surface area (Å²) >= 11 is 0. The van der Waals surface area contributed by atoms with Gasteiger partial charge in [0.15, 0.2) is 0 Å². The Hall–Kier alpha value is -0.210. The van der Waals surface area contributed by atoms with Crippen molar-refractivity contribution in [2.24, 2.45) is 11.3 Å².